The average Bonchev–Trinajstić information content (AvgIpc) is 2.96. The summed E-state index contributed by atoms with van der Waals surface area (Å²) in [6.07, 6.45) is 7.33. The molecule has 0 bridgehead atoms. The fourth-order valence-corrected chi connectivity index (χ4v) is 7.06. The van der Waals surface area contributed by atoms with Crippen LogP contribution < -0.4 is 19.1 Å². The van der Waals surface area contributed by atoms with Crippen LogP contribution in [0.4, 0.5) is 5.69 Å². The van der Waals surface area contributed by atoms with Crippen molar-refractivity contribution < 1.29 is 22.6 Å². The van der Waals surface area contributed by atoms with E-state index in [2.05, 4.69) is 14.8 Å². The Hall–Kier alpha value is -3.04. The van der Waals surface area contributed by atoms with Gasteiger partial charge in [0.2, 0.25) is 9.84 Å². The maximum Gasteiger partial charge on any atom is 0.210 e. The first-order valence-electron chi connectivity index (χ1n) is 12.9. The lowest BCUT2D eigenvalue weighted by atomic mass is 9.99. The van der Waals surface area contributed by atoms with Gasteiger partial charge in [0.1, 0.15) is 10.6 Å². The van der Waals surface area contributed by atoms with Crippen LogP contribution in [0, 0.1) is 0 Å². The lowest BCUT2D eigenvalue weighted by Crippen LogP contribution is -2.47. The van der Waals surface area contributed by atoms with Gasteiger partial charge in [-0.2, -0.15) is 0 Å². The van der Waals surface area contributed by atoms with Gasteiger partial charge in [-0.05, 0) is 69.1 Å². The van der Waals surface area contributed by atoms with Gasteiger partial charge in [0.25, 0.3) is 0 Å². The molecule has 0 spiro atoms. The predicted octanol–water partition coefficient (Wildman–Crippen LogP) is 4.55. The highest BCUT2D eigenvalue weighted by Gasteiger charge is 2.31. The van der Waals surface area contributed by atoms with E-state index < -0.39 is 9.84 Å². The van der Waals surface area contributed by atoms with Crippen LogP contribution in [0.5, 0.6) is 17.2 Å². The molecule has 0 radical (unpaired) electrons. The Bertz CT molecular complexity index is 1350. The summed E-state index contributed by atoms with van der Waals surface area (Å²) in [5, 5.41) is 0.739. The fourth-order valence-electron chi connectivity index (χ4n) is 5.63. The predicted molar refractivity (Wildman–Crippen MR) is 144 cm³/mol. The second-order valence-electron chi connectivity index (χ2n) is 9.69. The van der Waals surface area contributed by atoms with Gasteiger partial charge in [0, 0.05) is 36.8 Å². The monoisotopic (exact) mass is 525 g/mol. The quantitative estimate of drug-likeness (QED) is 0.445. The van der Waals surface area contributed by atoms with Gasteiger partial charge in [0.05, 0.1) is 37.4 Å². The average molecular weight is 526 g/mol. The first-order valence-corrected chi connectivity index (χ1v) is 14.4. The Morgan fingerprint density at radius 1 is 0.838 bits per heavy atom. The summed E-state index contributed by atoms with van der Waals surface area (Å²) in [7, 11) is 0.877. The van der Waals surface area contributed by atoms with E-state index in [1.165, 1.54) is 25.5 Å². The number of methoxy groups -OCH3 is 3. The van der Waals surface area contributed by atoms with Crippen molar-refractivity contribution in [1.82, 2.24) is 9.88 Å². The molecule has 2 aromatic carbocycles. The highest BCUT2D eigenvalue weighted by Crippen LogP contribution is 2.41. The van der Waals surface area contributed by atoms with Crippen LogP contribution in [-0.2, 0) is 9.84 Å². The first kappa shape index (κ1) is 25.6. The van der Waals surface area contributed by atoms with Crippen molar-refractivity contribution in [2.75, 3.05) is 52.4 Å². The number of anilines is 1. The third kappa shape index (κ3) is 4.94. The van der Waals surface area contributed by atoms with Crippen LogP contribution in [-0.4, -0.2) is 71.9 Å². The highest BCUT2D eigenvalue weighted by atomic mass is 32.2. The van der Waals surface area contributed by atoms with E-state index in [-0.39, 0.29) is 9.79 Å². The van der Waals surface area contributed by atoms with E-state index in [1.807, 2.05) is 12.1 Å². The number of rotatable bonds is 7. The number of piperidine rings is 2. The van der Waals surface area contributed by atoms with Crippen LogP contribution in [0.15, 0.2) is 52.4 Å². The Morgan fingerprint density at radius 3 is 2.11 bits per heavy atom. The Labute approximate surface area is 219 Å². The zero-order valence-corrected chi connectivity index (χ0v) is 22.6. The molecule has 3 heterocycles. The maximum atomic E-state index is 14.0. The van der Waals surface area contributed by atoms with Gasteiger partial charge in [-0.15, -0.1) is 0 Å². The molecular formula is C28H35N3O5S. The normalized spacial score (nSPS) is 17.6. The number of hydrogen-bond donors (Lipinski definition) is 0. The molecular weight excluding hydrogens is 490 g/mol. The smallest absolute Gasteiger partial charge is 0.210 e. The van der Waals surface area contributed by atoms with E-state index in [4.69, 9.17) is 14.2 Å². The molecule has 198 valence electrons. The minimum atomic E-state index is -3.85. The van der Waals surface area contributed by atoms with Gasteiger partial charge in [-0.25, -0.2) is 8.42 Å². The second kappa shape index (κ2) is 10.8. The van der Waals surface area contributed by atoms with Gasteiger partial charge < -0.3 is 24.0 Å². The third-order valence-corrected chi connectivity index (χ3v) is 9.43. The van der Waals surface area contributed by atoms with E-state index in [0.29, 0.717) is 34.5 Å². The summed E-state index contributed by atoms with van der Waals surface area (Å²) in [5.74, 6) is 1.70. The van der Waals surface area contributed by atoms with E-state index >= 15 is 0 Å². The molecule has 2 aliphatic rings. The topological polar surface area (TPSA) is 81.2 Å². The molecule has 0 atom stereocenters. The van der Waals surface area contributed by atoms with Gasteiger partial charge in [0.15, 0.2) is 11.5 Å². The number of likely N-dealkylation sites (tertiary alicyclic amines) is 1. The number of ether oxygens (including phenoxy) is 3. The maximum absolute atomic E-state index is 14.0. The lowest BCUT2D eigenvalue weighted by molar-refractivity contribution is 0.141. The second-order valence-corrected chi connectivity index (χ2v) is 11.6. The van der Waals surface area contributed by atoms with Crippen molar-refractivity contribution in [2.45, 2.75) is 47.9 Å². The molecule has 9 heteroatoms. The number of fused-ring (bicyclic) bond motifs is 1. The van der Waals surface area contributed by atoms with Crippen LogP contribution in [0.1, 0.15) is 32.1 Å². The number of sulfone groups is 1. The number of hydrogen-bond acceptors (Lipinski definition) is 8. The summed E-state index contributed by atoms with van der Waals surface area (Å²) in [4.78, 5) is 9.81. The zero-order chi connectivity index (χ0) is 26.0. The zero-order valence-electron chi connectivity index (χ0n) is 21.8. The van der Waals surface area contributed by atoms with Crippen LogP contribution in [0.25, 0.3) is 10.9 Å². The summed E-state index contributed by atoms with van der Waals surface area (Å²) >= 11 is 0. The third-order valence-electron chi connectivity index (χ3n) is 7.66. The Morgan fingerprint density at radius 2 is 1.49 bits per heavy atom. The van der Waals surface area contributed by atoms with Crippen molar-refractivity contribution in [1.29, 1.82) is 0 Å². The first-order chi connectivity index (χ1) is 18.0. The minimum absolute atomic E-state index is 0.203. The summed E-state index contributed by atoms with van der Waals surface area (Å²) < 4.78 is 44.2. The summed E-state index contributed by atoms with van der Waals surface area (Å²) in [6, 6.07) is 10.7. The van der Waals surface area contributed by atoms with E-state index in [1.54, 1.807) is 45.6 Å². The number of nitrogens with zero attached hydrogens (tertiary/aromatic N) is 3. The van der Waals surface area contributed by atoms with Crippen LogP contribution >= 0.6 is 0 Å². The summed E-state index contributed by atoms with van der Waals surface area (Å²) in [5.41, 5.74) is 1.35. The molecule has 3 aromatic rings. The molecule has 8 nitrogen and oxygen atoms in total. The largest absolute Gasteiger partial charge is 0.497 e. The SMILES string of the molecule is COc1ccc(S(=O)(=O)c2cnc3cc(OC)c(OC)cc3c2N2CCC(N3CCCCC3)CC2)cc1. The van der Waals surface area contributed by atoms with Crippen LogP contribution in [0.3, 0.4) is 0 Å². The van der Waals surface area contributed by atoms with Gasteiger partial charge >= 0.3 is 0 Å². The molecule has 0 aliphatic carbocycles. The highest BCUT2D eigenvalue weighted by molar-refractivity contribution is 7.91. The summed E-state index contributed by atoms with van der Waals surface area (Å²) in [6.45, 7) is 3.88. The molecule has 2 fully saturated rings. The molecule has 0 saturated carbocycles. The molecule has 1 aromatic heterocycles. The number of benzene rings is 2. The molecule has 0 amide bonds. The Kier molecular flexibility index (Phi) is 7.44. The Balaban J connectivity index is 1.59. The van der Waals surface area contributed by atoms with Crippen molar-refractivity contribution in [3.05, 3.63) is 42.6 Å². The fraction of sp³-hybridized carbons (Fsp3) is 0.464. The number of pyridine rings is 1. The van der Waals surface area contributed by atoms with Crippen molar-refractivity contribution in [3.63, 3.8) is 0 Å². The minimum Gasteiger partial charge on any atom is -0.497 e. The standard InChI is InChI=1S/C28H35N3O5S/c1-34-21-7-9-22(10-8-21)37(32,33)27-19-29-24-18-26(36-3)25(35-2)17-23(24)28(27)31-15-11-20(12-16-31)30-13-5-4-6-14-30/h7-10,17-20H,4-6,11-16H2,1-3H3. The lowest BCUT2D eigenvalue weighted by Gasteiger charge is -2.41. The molecule has 37 heavy (non-hydrogen) atoms. The number of aromatic nitrogens is 1. The molecule has 5 rings (SSSR count). The van der Waals surface area contributed by atoms with Crippen LogP contribution in [0.2, 0.25) is 0 Å². The molecule has 0 unspecified atom stereocenters. The van der Waals surface area contributed by atoms with E-state index in [9.17, 15) is 8.42 Å². The van der Waals surface area contributed by atoms with Crippen molar-refractivity contribution in [3.8, 4) is 17.2 Å². The molecule has 0 N–H and O–H groups in total. The van der Waals surface area contributed by atoms with Gasteiger partial charge in [-0.3, -0.25) is 4.98 Å². The van der Waals surface area contributed by atoms with Gasteiger partial charge in [-0.1, -0.05) is 6.42 Å². The molecule has 2 saturated heterocycles. The molecule has 2 aliphatic heterocycles. The van der Waals surface area contributed by atoms with Crippen molar-refractivity contribution >= 4 is 26.4 Å². The van der Waals surface area contributed by atoms with E-state index in [0.717, 1.165) is 44.4 Å². The van der Waals surface area contributed by atoms with Crippen molar-refractivity contribution in [2.24, 2.45) is 0 Å².